The zero-order chi connectivity index (χ0) is 16.0. The number of urea groups is 1. The maximum absolute atomic E-state index is 12.2. The minimum absolute atomic E-state index is 0.467. The van der Waals surface area contributed by atoms with Gasteiger partial charge in [-0.3, -0.25) is 14.5 Å². The summed E-state index contributed by atoms with van der Waals surface area (Å²) in [5, 5.41) is 8.79. The fourth-order valence-electron chi connectivity index (χ4n) is 1.67. The first-order chi connectivity index (χ1) is 9.85. The smallest absolute Gasteiger partial charge is 0.325 e. The third-order valence-corrected chi connectivity index (χ3v) is 2.69. The predicted octanol–water partition coefficient (Wildman–Crippen LogP) is 0.123. The maximum Gasteiger partial charge on any atom is 0.325 e. The van der Waals surface area contributed by atoms with E-state index in [1.54, 1.807) is 24.3 Å². The van der Waals surface area contributed by atoms with Crippen molar-refractivity contribution >= 4 is 23.6 Å². The second-order valence-corrected chi connectivity index (χ2v) is 4.26. The monoisotopic (exact) mass is 295 g/mol. The molecule has 0 unspecified atom stereocenters. The van der Waals surface area contributed by atoms with E-state index in [0.29, 0.717) is 11.4 Å². The molecule has 1 aromatic rings. The third-order valence-electron chi connectivity index (χ3n) is 2.69. The van der Waals surface area contributed by atoms with Crippen LogP contribution in [0.1, 0.15) is 0 Å². The van der Waals surface area contributed by atoms with E-state index in [2.05, 4.69) is 0 Å². The summed E-state index contributed by atoms with van der Waals surface area (Å²) in [5.74, 6) is -1.39. The Balaban J connectivity index is 2.89. The molecule has 0 aliphatic carbocycles. The molecule has 0 fully saturated rings. The average molecular weight is 295 g/mol. The summed E-state index contributed by atoms with van der Waals surface area (Å²) in [6, 6.07) is 5.96. The number of nitrogens with zero attached hydrogens (tertiary/aromatic N) is 2. The van der Waals surface area contributed by atoms with Gasteiger partial charge in [-0.1, -0.05) is 0 Å². The first-order valence-electron chi connectivity index (χ1n) is 6.02. The molecular formula is C13H17N3O5. The number of nitrogens with two attached hydrogens (primary N) is 1. The van der Waals surface area contributed by atoms with Crippen molar-refractivity contribution in [1.29, 1.82) is 0 Å². The Hall–Kier alpha value is -2.77. The van der Waals surface area contributed by atoms with E-state index < -0.39 is 31.0 Å². The van der Waals surface area contributed by atoms with E-state index in [1.807, 2.05) is 0 Å². The van der Waals surface area contributed by atoms with E-state index in [4.69, 9.17) is 15.6 Å². The third kappa shape index (κ3) is 4.68. The van der Waals surface area contributed by atoms with Crippen LogP contribution in [0.5, 0.6) is 5.75 Å². The number of carboxylic acid groups (broad SMARTS) is 1. The highest BCUT2D eigenvalue weighted by Crippen LogP contribution is 2.19. The quantitative estimate of drug-likeness (QED) is 0.774. The Morgan fingerprint density at radius 2 is 1.76 bits per heavy atom. The summed E-state index contributed by atoms with van der Waals surface area (Å²) in [5.41, 5.74) is 5.55. The number of amides is 3. The predicted molar refractivity (Wildman–Crippen MR) is 75.2 cm³/mol. The van der Waals surface area contributed by atoms with Crippen molar-refractivity contribution in [3.63, 3.8) is 0 Å². The van der Waals surface area contributed by atoms with E-state index in [1.165, 1.54) is 19.1 Å². The van der Waals surface area contributed by atoms with Crippen LogP contribution in [-0.4, -0.2) is 55.2 Å². The van der Waals surface area contributed by atoms with Gasteiger partial charge in [0.05, 0.1) is 7.11 Å². The van der Waals surface area contributed by atoms with Crippen LogP contribution in [0, 0.1) is 0 Å². The minimum atomic E-state index is -1.23. The number of rotatable bonds is 6. The lowest BCUT2D eigenvalue weighted by Gasteiger charge is -2.26. The number of anilines is 1. The summed E-state index contributed by atoms with van der Waals surface area (Å²) in [6.45, 7) is -1.08. The van der Waals surface area contributed by atoms with Crippen molar-refractivity contribution < 1.29 is 24.2 Å². The van der Waals surface area contributed by atoms with Crippen molar-refractivity contribution in [1.82, 2.24) is 4.90 Å². The highest BCUT2D eigenvalue weighted by molar-refractivity contribution is 5.95. The number of hydrogen-bond acceptors (Lipinski definition) is 4. The highest BCUT2D eigenvalue weighted by Gasteiger charge is 2.23. The Kier molecular flexibility index (Phi) is 5.53. The van der Waals surface area contributed by atoms with Crippen LogP contribution in [0.4, 0.5) is 10.5 Å². The van der Waals surface area contributed by atoms with Gasteiger partial charge in [-0.2, -0.15) is 0 Å². The van der Waals surface area contributed by atoms with Crippen molar-refractivity contribution in [3.8, 4) is 5.75 Å². The molecule has 3 amide bonds. The van der Waals surface area contributed by atoms with Gasteiger partial charge in [0.1, 0.15) is 18.8 Å². The zero-order valence-electron chi connectivity index (χ0n) is 11.8. The van der Waals surface area contributed by atoms with Crippen LogP contribution in [-0.2, 0) is 9.59 Å². The van der Waals surface area contributed by atoms with Gasteiger partial charge in [-0.25, -0.2) is 4.79 Å². The lowest BCUT2D eigenvalue weighted by Crippen LogP contribution is -2.47. The molecule has 0 atom stereocenters. The van der Waals surface area contributed by atoms with E-state index in [9.17, 15) is 14.4 Å². The summed E-state index contributed by atoms with van der Waals surface area (Å²) >= 11 is 0. The van der Waals surface area contributed by atoms with Crippen LogP contribution in [0.2, 0.25) is 0 Å². The standard InChI is InChI=1S/C13H17N3O5/c1-15(9-3-5-10(21-2)6-4-9)13(20)16(7-11(14)17)8-12(18)19/h3-6H,7-8H2,1-2H3,(H2,14,17)(H,18,19). The zero-order valence-corrected chi connectivity index (χ0v) is 11.8. The topological polar surface area (TPSA) is 113 Å². The summed E-state index contributed by atoms with van der Waals surface area (Å²) in [6.07, 6.45) is 0. The van der Waals surface area contributed by atoms with Gasteiger partial charge in [0.15, 0.2) is 0 Å². The normalized spacial score (nSPS) is 9.81. The molecule has 21 heavy (non-hydrogen) atoms. The average Bonchev–Trinajstić information content (AvgIpc) is 2.44. The second-order valence-electron chi connectivity index (χ2n) is 4.26. The fraction of sp³-hybridized carbons (Fsp3) is 0.308. The number of carbonyl (C=O) groups is 3. The number of carboxylic acids is 1. The molecule has 1 rings (SSSR count). The van der Waals surface area contributed by atoms with Crippen molar-refractivity contribution in [2.45, 2.75) is 0 Å². The molecule has 0 radical (unpaired) electrons. The highest BCUT2D eigenvalue weighted by atomic mass is 16.5. The van der Waals surface area contributed by atoms with Crippen LogP contribution in [0.15, 0.2) is 24.3 Å². The van der Waals surface area contributed by atoms with Crippen LogP contribution in [0.3, 0.4) is 0 Å². The molecule has 0 aliphatic heterocycles. The second kappa shape index (κ2) is 7.13. The maximum atomic E-state index is 12.2. The molecule has 3 N–H and O–H groups in total. The number of methoxy groups -OCH3 is 1. The van der Waals surface area contributed by atoms with Crippen LogP contribution in [0.25, 0.3) is 0 Å². The number of aliphatic carboxylic acids is 1. The number of primary amides is 1. The fourth-order valence-corrected chi connectivity index (χ4v) is 1.67. The molecule has 0 aliphatic rings. The lowest BCUT2D eigenvalue weighted by molar-refractivity contribution is -0.137. The van der Waals surface area contributed by atoms with Gasteiger partial charge in [-0.05, 0) is 24.3 Å². The molecule has 8 nitrogen and oxygen atoms in total. The summed E-state index contributed by atoms with van der Waals surface area (Å²) in [7, 11) is 2.99. The van der Waals surface area contributed by atoms with Gasteiger partial charge >= 0.3 is 12.0 Å². The molecular weight excluding hydrogens is 278 g/mol. The number of benzene rings is 1. The van der Waals surface area contributed by atoms with Gasteiger partial charge in [0.25, 0.3) is 0 Å². The number of carbonyl (C=O) groups excluding carboxylic acids is 2. The molecule has 0 aromatic heterocycles. The summed E-state index contributed by atoms with van der Waals surface area (Å²) < 4.78 is 5.01. The van der Waals surface area contributed by atoms with Gasteiger partial charge < -0.3 is 20.5 Å². The SMILES string of the molecule is COc1ccc(N(C)C(=O)N(CC(N)=O)CC(=O)O)cc1. The number of hydrogen-bond donors (Lipinski definition) is 2. The number of ether oxygens (including phenoxy) is 1. The van der Waals surface area contributed by atoms with Crippen molar-refractivity contribution in [3.05, 3.63) is 24.3 Å². The van der Waals surface area contributed by atoms with Crippen LogP contribution >= 0.6 is 0 Å². The van der Waals surface area contributed by atoms with E-state index in [-0.39, 0.29) is 0 Å². The molecule has 0 bridgehead atoms. The molecule has 8 heteroatoms. The lowest BCUT2D eigenvalue weighted by atomic mass is 10.3. The van der Waals surface area contributed by atoms with Crippen molar-refractivity contribution in [2.24, 2.45) is 5.73 Å². The van der Waals surface area contributed by atoms with Crippen molar-refractivity contribution in [2.75, 3.05) is 32.1 Å². The first kappa shape index (κ1) is 16.3. The van der Waals surface area contributed by atoms with Gasteiger partial charge in [-0.15, -0.1) is 0 Å². The molecule has 114 valence electrons. The Morgan fingerprint density at radius 1 is 1.19 bits per heavy atom. The molecule has 0 saturated carbocycles. The Labute approximate surface area is 121 Å². The Bertz CT molecular complexity index is 513. The molecule has 0 saturated heterocycles. The Morgan fingerprint density at radius 3 is 2.19 bits per heavy atom. The summed E-state index contributed by atoms with van der Waals surface area (Å²) in [4.78, 5) is 36.0. The molecule has 0 spiro atoms. The van der Waals surface area contributed by atoms with Gasteiger partial charge in [0, 0.05) is 12.7 Å². The van der Waals surface area contributed by atoms with Gasteiger partial charge in [0.2, 0.25) is 5.91 Å². The largest absolute Gasteiger partial charge is 0.497 e. The first-order valence-corrected chi connectivity index (χ1v) is 6.02. The van der Waals surface area contributed by atoms with Crippen LogP contribution < -0.4 is 15.4 Å². The minimum Gasteiger partial charge on any atom is -0.497 e. The van der Waals surface area contributed by atoms with E-state index in [0.717, 1.165) is 4.90 Å². The molecule has 0 heterocycles. The van der Waals surface area contributed by atoms with E-state index >= 15 is 0 Å². The molecule has 1 aromatic carbocycles.